The molecule has 0 amide bonds. The smallest absolute Gasteiger partial charge is 0.158 e. The molecule has 0 unspecified atom stereocenters. The Balaban J connectivity index is 2.92. The number of hydrogen-bond donors (Lipinski definition) is 1. The average molecular weight is 217 g/mol. The van der Waals surface area contributed by atoms with E-state index in [1.807, 2.05) is 0 Å². The molecule has 3 nitrogen and oxygen atoms in total. The highest BCUT2D eigenvalue weighted by atomic mass is 79.9. The molecule has 0 aromatic carbocycles. The van der Waals surface area contributed by atoms with Crippen LogP contribution in [0.15, 0.2) is 16.9 Å². The lowest BCUT2D eigenvalue weighted by molar-refractivity contribution is 1.27. The lowest BCUT2D eigenvalue weighted by Gasteiger charge is -1.93. The Morgan fingerprint density at radius 2 is 2.73 bits per heavy atom. The Bertz CT molecular complexity index is 561. The topological polar surface area (TPSA) is 41.6 Å². The lowest BCUT2D eigenvalue weighted by Crippen LogP contribution is -1.82. The maximum atomic E-state index is 7.66. The number of hydrogen-bond acceptors (Lipinski definition) is 2. The van der Waals surface area contributed by atoms with Crippen LogP contribution in [0.25, 0.3) is 11.2 Å². The largest absolute Gasteiger partial charge is 0.329 e. The highest BCUT2D eigenvalue weighted by Crippen LogP contribution is 2.16. The number of nitrogens with zero attached hydrogens (tertiary/aromatic N) is 2. The van der Waals surface area contributed by atoms with Gasteiger partial charge in [0.1, 0.15) is 11.5 Å². The fourth-order valence-electron chi connectivity index (χ4n) is 0.793. The summed E-state index contributed by atoms with van der Waals surface area (Å²) in [4.78, 5) is 10.2. The van der Waals surface area contributed by atoms with E-state index in [4.69, 9.17) is 6.85 Å². The summed E-state index contributed by atoms with van der Waals surface area (Å²) in [6.07, 6.45) is -0.175. The first-order valence-corrected chi connectivity index (χ1v) is 3.63. The van der Waals surface area contributed by atoms with E-state index in [9.17, 15) is 0 Å². The highest BCUT2D eigenvalue weighted by Gasteiger charge is 2.01. The van der Waals surface area contributed by atoms with E-state index < -0.39 is 6.85 Å². The van der Waals surface area contributed by atoms with Crippen molar-refractivity contribution in [2.45, 2.75) is 6.85 Å². The van der Waals surface area contributed by atoms with Gasteiger partial charge in [0.15, 0.2) is 5.65 Å². The molecule has 2 heterocycles. The predicted octanol–water partition coefficient (Wildman–Crippen LogP) is 2.03. The first-order valence-electron chi connectivity index (χ1n) is 5.33. The lowest BCUT2D eigenvalue weighted by atomic mass is 10.3. The molecule has 1 N–H and O–H groups in total. The van der Waals surface area contributed by atoms with Crippen molar-refractivity contribution in [1.82, 2.24) is 15.0 Å². The van der Waals surface area contributed by atoms with E-state index in [-0.39, 0.29) is 33.7 Å². The molecule has 0 radical (unpaired) electrons. The summed E-state index contributed by atoms with van der Waals surface area (Å²) in [6.45, 7) is -2.46. The molecule has 0 saturated heterocycles. The fraction of sp³-hybridized carbons (Fsp3) is 0.143. The van der Waals surface area contributed by atoms with Gasteiger partial charge >= 0.3 is 0 Å². The van der Waals surface area contributed by atoms with Crippen molar-refractivity contribution in [3.8, 4) is 0 Å². The van der Waals surface area contributed by atoms with E-state index in [1.165, 1.54) is 0 Å². The molecular weight excluding hydrogens is 206 g/mol. The van der Waals surface area contributed by atoms with Crippen molar-refractivity contribution < 1.29 is 6.85 Å². The number of imidazole rings is 1. The van der Waals surface area contributed by atoms with Crippen LogP contribution in [0.1, 0.15) is 12.4 Å². The van der Waals surface area contributed by atoms with Crippen LogP contribution in [0.2, 0.25) is 0 Å². The molecule has 56 valence electrons. The highest BCUT2D eigenvalue weighted by molar-refractivity contribution is 9.10. The molecule has 0 aliphatic rings. The molecule has 0 saturated carbocycles. The summed E-state index contributed by atoms with van der Waals surface area (Å²) in [5.41, 5.74) is 0.0522. The maximum absolute atomic E-state index is 7.66. The molecule has 2 aromatic rings. The Labute approximate surface area is 79.0 Å². The Hall–Kier alpha value is -0.900. The van der Waals surface area contributed by atoms with Crippen molar-refractivity contribution in [2.75, 3.05) is 0 Å². The SMILES string of the molecule is [2H]c1nc2c(C([2H])([2H])[2H])c([2H])c(Br)nc2[nH]1. The Kier molecular flexibility index (Phi) is 0.676. The second-order valence-corrected chi connectivity index (χ2v) is 2.70. The second-order valence-electron chi connectivity index (χ2n) is 1.95. The van der Waals surface area contributed by atoms with Gasteiger partial charge in [-0.05, 0) is 34.4 Å². The molecule has 2 aromatic heterocycles. The van der Waals surface area contributed by atoms with Gasteiger partial charge in [-0.3, -0.25) is 0 Å². The fourth-order valence-corrected chi connectivity index (χ4v) is 1.17. The summed E-state index contributed by atoms with van der Waals surface area (Å²) in [6, 6.07) is -0.223. The van der Waals surface area contributed by atoms with Crippen LogP contribution in [-0.4, -0.2) is 15.0 Å². The van der Waals surface area contributed by atoms with Gasteiger partial charge in [0.05, 0.1) is 7.67 Å². The Morgan fingerprint density at radius 1 is 1.82 bits per heavy atom. The number of rotatable bonds is 0. The minimum atomic E-state index is -2.46. The minimum absolute atomic E-state index is 0.0539. The second kappa shape index (κ2) is 2.30. The zero-order valence-electron chi connectivity index (χ0n) is 10.3. The van der Waals surface area contributed by atoms with Gasteiger partial charge in [-0.15, -0.1) is 0 Å². The molecule has 0 spiro atoms. The minimum Gasteiger partial charge on any atom is -0.329 e. The van der Waals surface area contributed by atoms with E-state index in [1.54, 1.807) is 0 Å². The Morgan fingerprint density at radius 3 is 3.55 bits per heavy atom. The standard InChI is InChI=1S/C7H6BrN3/c1-4-2-5(8)11-7-6(4)9-3-10-7/h2-3H,1H3,(H,9,10,11)/i1D3,2D,3D. The summed E-state index contributed by atoms with van der Waals surface area (Å²) in [7, 11) is 0. The molecule has 2 rings (SSSR count). The van der Waals surface area contributed by atoms with E-state index in [2.05, 4.69) is 30.9 Å². The molecule has 0 aliphatic heterocycles. The van der Waals surface area contributed by atoms with Crippen LogP contribution in [-0.2, 0) is 0 Å². The third-order valence-corrected chi connectivity index (χ3v) is 1.62. The van der Waals surface area contributed by atoms with Gasteiger partial charge in [0.25, 0.3) is 0 Å². The molecule has 0 aliphatic carbocycles. The summed E-state index contributed by atoms with van der Waals surface area (Å²) < 4.78 is 37.1. The molecule has 0 atom stereocenters. The van der Waals surface area contributed by atoms with Crippen LogP contribution in [0.5, 0.6) is 0 Å². The van der Waals surface area contributed by atoms with Gasteiger partial charge in [-0.2, -0.15) is 0 Å². The third kappa shape index (κ3) is 1.03. The number of pyridine rings is 1. The van der Waals surface area contributed by atoms with Crippen LogP contribution >= 0.6 is 15.9 Å². The number of aryl methyl sites for hydroxylation is 1. The number of aromatic amines is 1. The van der Waals surface area contributed by atoms with Crippen molar-refractivity contribution in [3.05, 3.63) is 22.5 Å². The van der Waals surface area contributed by atoms with Crippen molar-refractivity contribution >= 4 is 27.1 Å². The zero-order valence-corrected chi connectivity index (χ0v) is 6.86. The number of H-pyrrole nitrogens is 1. The first kappa shape index (κ1) is 3.23. The van der Waals surface area contributed by atoms with Gasteiger partial charge in [-0.25, -0.2) is 9.97 Å². The molecule has 0 bridgehead atoms. The van der Waals surface area contributed by atoms with Gasteiger partial charge in [0, 0.05) is 4.11 Å². The normalized spacial score (nSPS) is 18.5. The summed E-state index contributed by atoms with van der Waals surface area (Å²) in [5, 5.41) is 0. The quantitative estimate of drug-likeness (QED) is 0.686. The van der Waals surface area contributed by atoms with Crippen LogP contribution in [0, 0.1) is 6.85 Å². The van der Waals surface area contributed by atoms with E-state index in [0.29, 0.717) is 0 Å². The van der Waals surface area contributed by atoms with Crippen LogP contribution < -0.4 is 0 Å². The number of fused-ring (bicyclic) bond motifs is 1. The predicted molar refractivity (Wildman–Crippen MR) is 46.3 cm³/mol. The zero-order chi connectivity index (χ0) is 12.1. The van der Waals surface area contributed by atoms with Crippen molar-refractivity contribution in [3.63, 3.8) is 0 Å². The van der Waals surface area contributed by atoms with Crippen molar-refractivity contribution in [1.29, 1.82) is 0 Å². The molecule has 0 fully saturated rings. The van der Waals surface area contributed by atoms with Crippen LogP contribution in [0.4, 0.5) is 0 Å². The summed E-state index contributed by atoms with van der Waals surface area (Å²) in [5.74, 6) is 0. The maximum Gasteiger partial charge on any atom is 0.158 e. The molecule has 4 heteroatoms. The molecular formula is C7H6BrN3. The van der Waals surface area contributed by atoms with E-state index >= 15 is 0 Å². The first-order chi connectivity index (χ1) is 7.30. The number of halogens is 1. The number of nitrogens with one attached hydrogen (secondary N) is 1. The van der Waals surface area contributed by atoms with Crippen molar-refractivity contribution in [2.24, 2.45) is 0 Å². The third-order valence-electron chi connectivity index (χ3n) is 1.24. The van der Waals surface area contributed by atoms with Gasteiger partial charge in [0.2, 0.25) is 0 Å². The monoisotopic (exact) mass is 216 g/mol. The average Bonchev–Trinajstić information content (AvgIpc) is 2.43. The van der Waals surface area contributed by atoms with Gasteiger partial charge in [-0.1, -0.05) is 0 Å². The molecule has 11 heavy (non-hydrogen) atoms. The number of aromatic nitrogens is 3. The van der Waals surface area contributed by atoms with Gasteiger partial charge < -0.3 is 4.98 Å². The summed E-state index contributed by atoms with van der Waals surface area (Å²) >= 11 is 3.01. The van der Waals surface area contributed by atoms with Crippen LogP contribution in [0.3, 0.4) is 0 Å². The van der Waals surface area contributed by atoms with E-state index in [0.717, 1.165) is 0 Å².